The molecule has 2 aromatic carbocycles. The molecular formula is C25H24ClN3O4S. The fourth-order valence-electron chi connectivity index (χ4n) is 3.84. The maximum Gasteiger partial charge on any atom is 0.410 e. The number of nitrogens with zero attached hydrogens (tertiary/aromatic N) is 2. The van der Waals surface area contributed by atoms with Crippen LogP contribution in [-0.2, 0) is 11.3 Å². The van der Waals surface area contributed by atoms with E-state index in [4.69, 9.17) is 28.6 Å². The zero-order valence-corrected chi connectivity index (χ0v) is 19.9. The first-order chi connectivity index (χ1) is 16.4. The topological polar surface area (TPSA) is 87.6 Å². The third kappa shape index (κ3) is 5.58. The fourth-order valence-corrected chi connectivity index (χ4v) is 4.25. The molecule has 0 spiro atoms. The van der Waals surface area contributed by atoms with E-state index in [-0.39, 0.29) is 34.8 Å². The number of hydrogen-bond donors (Lipinski definition) is 2. The van der Waals surface area contributed by atoms with Crippen LogP contribution >= 0.6 is 23.8 Å². The maximum absolute atomic E-state index is 12.5. The largest absolute Gasteiger partial charge is 0.494 e. The predicted molar refractivity (Wildman–Crippen MR) is 134 cm³/mol. The van der Waals surface area contributed by atoms with Crippen molar-refractivity contribution in [3.05, 3.63) is 91.9 Å². The number of allylic oxidation sites excluding steroid dienone is 1. The lowest BCUT2D eigenvalue weighted by atomic mass is 9.96. The molecule has 0 saturated carbocycles. The van der Waals surface area contributed by atoms with Crippen molar-refractivity contribution < 1.29 is 14.6 Å². The molecule has 1 saturated heterocycles. The fraction of sp³-hybridized carbons (Fsp3) is 0.240. The molecule has 0 radical (unpaired) electrons. The highest BCUT2D eigenvalue weighted by atomic mass is 35.5. The van der Waals surface area contributed by atoms with E-state index in [1.165, 1.54) is 4.57 Å². The third-order valence-corrected chi connectivity index (χ3v) is 6.28. The summed E-state index contributed by atoms with van der Waals surface area (Å²) in [5.74, 6) is -0.0848. The lowest BCUT2D eigenvalue weighted by Crippen LogP contribution is -2.38. The molecule has 2 N–H and O–H groups in total. The number of nitrogens with one attached hydrogen (secondary N) is 1. The van der Waals surface area contributed by atoms with E-state index < -0.39 is 5.56 Å². The number of aromatic amines is 1. The second-order valence-corrected chi connectivity index (χ2v) is 8.86. The number of ether oxygens (including phenoxy) is 1. The molecule has 1 aliphatic heterocycles. The monoisotopic (exact) mass is 497 g/mol. The van der Waals surface area contributed by atoms with Crippen LogP contribution in [0.25, 0.3) is 11.8 Å². The normalized spacial score (nSPS) is 14.4. The first-order valence-corrected chi connectivity index (χ1v) is 11.7. The molecular weight excluding hydrogens is 474 g/mol. The van der Waals surface area contributed by atoms with Gasteiger partial charge in [0.15, 0.2) is 4.77 Å². The van der Waals surface area contributed by atoms with Gasteiger partial charge in [-0.3, -0.25) is 14.3 Å². The summed E-state index contributed by atoms with van der Waals surface area (Å²) in [6, 6.07) is 16.3. The summed E-state index contributed by atoms with van der Waals surface area (Å²) in [6.07, 6.45) is 4.64. The van der Waals surface area contributed by atoms with E-state index in [0.29, 0.717) is 23.8 Å². The number of carbonyl (C=O) groups excluding carboxylic acids is 1. The highest BCUT2D eigenvalue weighted by Gasteiger charge is 2.23. The van der Waals surface area contributed by atoms with Crippen molar-refractivity contribution in [2.45, 2.75) is 19.4 Å². The highest BCUT2D eigenvalue weighted by molar-refractivity contribution is 7.71. The predicted octanol–water partition coefficient (Wildman–Crippen LogP) is 5.32. The smallest absolute Gasteiger partial charge is 0.410 e. The van der Waals surface area contributed by atoms with Gasteiger partial charge in [0.25, 0.3) is 5.56 Å². The number of carbonyl (C=O) groups is 1. The number of likely N-dealkylation sites (tertiary alicyclic amines) is 1. The molecule has 0 bridgehead atoms. The van der Waals surface area contributed by atoms with Gasteiger partial charge in [0.1, 0.15) is 6.61 Å². The van der Waals surface area contributed by atoms with Crippen LogP contribution in [0.2, 0.25) is 5.02 Å². The van der Waals surface area contributed by atoms with Gasteiger partial charge >= 0.3 is 6.09 Å². The van der Waals surface area contributed by atoms with Gasteiger partial charge in [0.2, 0.25) is 5.88 Å². The van der Waals surface area contributed by atoms with Gasteiger partial charge in [0.05, 0.1) is 11.3 Å². The molecule has 0 aliphatic carbocycles. The number of rotatable bonds is 5. The molecule has 1 amide bonds. The zero-order valence-electron chi connectivity index (χ0n) is 18.3. The van der Waals surface area contributed by atoms with E-state index >= 15 is 0 Å². The van der Waals surface area contributed by atoms with Gasteiger partial charge in [-0.05, 0) is 66.9 Å². The second kappa shape index (κ2) is 10.7. The standard InChI is InChI=1S/C25H24ClN3O4S/c26-19-7-9-20(10-8-19)29-23(31)21(22(30)27-24(29)34)11-6-17-12-14-28(15-13-17)25(32)33-16-18-4-2-1-3-5-18/h1-11,17,31H,12-16H2,(H,27,30,34). The molecule has 7 nitrogen and oxygen atoms in total. The molecule has 9 heteroatoms. The molecule has 3 aromatic rings. The Morgan fingerprint density at radius 2 is 1.82 bits per heavy atom. The number of piperidine rings is 1. The Hall–Kier alpha value is -3.36. The van der Waals surface area contributed by atoms with Crippen molar-refractivity contribution in [1.82, 2.24) is 14.5 Å². The molecule has 34 heavy (non-hydrogen) atoms. The van der Waals surface area contributed by atoms with Crippen LogP contribution in [0, 0.1) is 10.7 Å². The molecule has 0 unspecified atom stereocenters. The van der Waals surface area contributed by atoms with Crippen molar-refractivity contribution in [2.75, 3.05) is 13.1 Å². The number of halogens is 1. The summed E-state index contributed by atoms with van der Waals surface area (Å²) in [6.45, 7) is 1.36. The van der Waals surface area contributed by atoms with Crippen LogP contribution in [-0.4, -0.2) is 38.7 Å². The third-order valence-electron chi connectivity index (χ3n) is 5.74. The Morgan fingerprint density at radius 1 is 1.15 bits per heavy atom. The number of amides is 1. The Bertz CT molecular complexity index is 1290. The number of hydrogen-bond acceptors (Lipinski definition) is 5. The molecule has 4 rings (SSSR count). The second-order valence-electron chi connectivity index (χ2n) is 8.03. The Labute approximate surface area is 206 Å². The van der Waals surface area contributed by atoms with Gasteiger partial charge < -0.3 is 14.7 Å². The Balaban J connectivity index is 1.40. The summed E-state index contributed by atoms with van der Waals surface area (Å²) in [4.78, 5) is 29.1. The summed E-state index contributed by atoms with van der Waals surface area (Å²) in [5.41, 5.74) is 1.18. The van der Waals surface area contributed by atoms with Crippen LogP contribution in [0.1, 0.15) is 24.0 Å². The first-order valence-electron chi connectivity index (χ1n) is 10.9. The van der Waals surface area contributed by atoms with Gasteiger partial charge in [0, 0.05) is 18.1 Å². The Kier molecular flexibility index (Phi) is 7.49. The molecule has 1 aromatic heterocycles. The minimum atomic E-state index is -0.467. The molecule has 0 atom stereocenters. The number of aromatic nitrogens is 2. The van der Waals surface area contributed by atoms with Gasteiger partial charge in [-0.15, -0.1) is 0 Å². The van der Waals surface area contributed by atoms with E-state index in [1.807, 2.05) is 36.4 Å². The van der Waals surface area contributed by atoms with E-state index in [1.54, 1.807) is 35.2 Å². The van der Waals surface area contributed by atoms with Gasteiger partial charge in [-0.1, -0.05) is 48.0 Å². The van der Waals surface area contributed by atoms with Crippen molar-refractivity contribution >= 4 is 36.0 Å². The van der Waals surface area contributed by atoms with Crippen molar-refractivity contribution in [3.8, 4) is 11.6 Å². The molecule has 176 valence electrons. The Morgan fingerprint density at radius 3 is 2.50 bits per heavy atom. The lowest BCUT2D eigenvalue weighted by molar-refractivity contribution is 0.0855. The summed E-state index contributed by atoms with van der Waals surface area (Å²) in [7, 11) is 0. The highest BCUT2D eigenvalue weighted by Crippen LogP contribution is 2.24. The maximum atomic E-state index is 12.5. The quantitative estimate of drug-likeness (QED) is 0.466. The molecule has 2 heterocycles. The average molecular weight is 498 g/mol. The van der Waals surface area contributed by atoms with Crippen molar-refractivity contribution in [3.63, 3.8) is 0 Å². The zero-order chi connectivity index (χ0) is 24.1. The lowest BCUT2D eigenvalue weighted by Gasteiger charge is -2.30. The average Bonchev–Trinajstić information content (AvgIpc) is 2.84. The SMILES string of the molecule is O=C(OCc1ccccc1)N1CCC(C=Cc2c(O)n(-c3ccc(Cl)cc3)c(=S)[nH]c2=O)CC1. The van der Waals surface area contributed by atoms with Gasteiger partial charge in [-0.2, -0.15) is 0 Å². The first kappa shape index (κ1) is 23.8. The minimum absolute atomic E-state index is 0.0873. The van der Waals surface area contributed by atoms with Crippen LogP contribution < -0.4 is 5.56 Å². The molecule has 1 aliphatic rings. The van der Waals surface area contributed by atoms with E-state index in [2.05, 4.69) is 4.98 Å². The van der Waals surface area contributed by atoms with E-state index in [9.17, 15) is 14.7 Å². The van der Waals surface area contributed by atoms with Gasteiger partial charge in [-0.25, -0.2) is 4.79 Å². The summed E-state index contributed by atoms with van der Waals surface area (Å²) in [5, 5.41) is 11.3. The molecule has 1 fully saturated rings. The minimum Gasteiger partial charge on any atom is -0.494 e. The van der Waals surface area contributed by atoms with Crippen LogP contribution in [0.4, 0.5) is 4.79 Å². The summed E-state index contributed by atoms with van der Waals surface area (Å²) < 4.78 is 6.88. The van der Waals surface area contributed by atoms with E-state index in [0.717, 1.165) is 18.4 Å². The number of H-pyrrole nitrogens is 1. The number of aromatic hydroxyl groups is 1. The van der Waals surface area contributed by atoms with Crippen LogP contribution in [0.15, 0.2) is 65.5 Å². The van der Waals surface area contributed by atoms with Crippen molar-refractivity contribution in [2.24, 2.45) is 5.92 Å². The summed E-state index contributed by atoms with van der Waals surface area (Å²) >= 11 is 11.2. The van der Waals surface area contributed by atoms with Crippen molar-refractivity contribution in [1.29, 1.82) is 0 Å². The van der Waals surface area contributed by atoms with Crippen LogP contribution in [0.3, 0.4) is 0 Å². The number of benzene rings is 2. The van der Waals surface area contributed by atoms with Crippen LogP contribution in [0.5, 0.6) is 5.88 Å².